The highest BCUT2D eigenvalue weighted by molar-refractivity contribution is 5.98. The van der Waals surface area contributed by atoms with E-state index in [1.54, 1.807) is 0 Å². The van der Waals surface area contributed by atoms with Crippen LogP contribution >= 0.6 is 0 Å². The molecule has 2 rings (SSSR count). The van der Waals surface area contributed by atoms with Gasteiger partial charge < -0.3 is 5.32 Å². The van der Waals surface area contributed by atoms with Crippen LogP contribution in [0, 0.1) is 16.7 Å². The van der Waals surface area contributed by atoms with Crippen molar-refractivity contribution in [1.82, 2.24) is 0 Å². The van der Waals surface area contributed by atoms with Crippen LogP contribution < -0.4 is 5.32 Å². The van der Waals surface area contributed by atoms with Crippen molar-refractivity contribution in [3.63, 3.8) is 0 Å². The van der Waals surface area contributed by atoms with E-state index in [9.17, 15) is 4.79 Å². The molecule has 0 spiro atoms. The van der Waals surface area contributed by atoms with Gasteiger partial charge in [-0.2, -0.15) is 5.26 Å². The van der Waals surface area contributed by atoms with Crippen LogP contribution in [0.5, 0.6) is 0 Å². The first-order valence-electron chi connectivity index (χ1n) is 6.41. The molecule has 3 heteroatoms. The summed E-state index contributed by atoms with van der Waals surface area (Å²) in [4.78, 5) is 12.2. The lowest BCUT2D eigenvalue weighted by Crippen LogP contribution is -2.40. The topological polar surface area (TPSA) is 52.9 Å². The highest BCUT2D eigenvalue weighted by Crippen LogP contribution is 2.41. The van der Waals surface area contributed by atoms with Crippen LogP contribution in [-0.4, -0.2) is 5.91 Å². The summed E-state index contributed by atoms with van der Waals surface area (Å²) in [6.45, 7) is 4.18. The molecule has 0 aliphatic heterocycles. The van der Waals surface area contributed by atoms with E-state index in [-0.39, 0.29) is 5.91 Å². The molecule has 0 aromatic heterocycles. The molecule has 0 radical (unpaired) electrons. The van der Waals surface area contributed by atoms with Crippen molar-refractivity contribution in [2.45, 2.75) is 39.0 Å². The van der Waals surface area contributed by atoms with E-state index in [0.717, 1.165) is 17.7 Å². The normalized spacial score (nSPS) is 16.8. The van der Waals surface area contributed by atoms with Gasteiger partial charge in [0, 0.05) is 5.69 Å². The smallest absolute Gasteiger partial charge is 0.244 e. The average Bonchev–Trinajstić information content (AvgIpc) is 2.28. The molecule has 1 fully saturated rings. The minimum Gasteiger partial charge on any atom is -0.324 e. The Morgan fingerprint density at radius 1 is 1.39 bits per heavy atom. The van der Waals surface area contributed by atoms with E-state index < -0.39 is 5.41 Å². The van der Waals surface area contributed by atoms with E-state index in [2.05, 4.69) is 25.2 Å². The predicted octanol–water partition coefficient (Wildman–Crippen LogP) is 3.44. The summed E-state index contributed by atoms with van der Waals surface area (Å²) in [5, 5.41) is 12.1. The number of benzene rings is 1. The third kappa shape index (κ3) is 2.11. The van der Waals surface area contributed by atoms with Gasteiger partial charge in [-0.1, -0.05) is 32.0 Å². The summed E-state index contributed by atoms with van der Waals surface area (Å²) in [5.41, 5.74) is 1.15. The zero-order chi connectivity index (χ0) is 13.2. The van der Waals surface area contributed by atoms with Crippen LogP contribution in [-0.2, 0) is 4.79 Å². The Morgan fingerprint density at radius 2 is 2.06 bits per heavy atom. The minimum atomic E-state index is -0.788. The number of carbonyl (C=O) groups is 1. The van der Waals surface area contributed by atoms with Gasteiger partial charge >= 0.3 is 0 Å². The summed E-state index contributed by atoms with van der Waals surface area (Å²) in [6.07, 6.45) is 2.32. The zero-order valence-corrected chi connectivity index (χ0v) is 10.9. The number of anilines is 1. The minimum absolute atomic E-state index is 0.149. The fourth-order valence-electron chi connectivity index (χ4n) is 2.28. The second-order valence-electron chi connectivity index (χ2n) is 5.24. The highest BCUT2D eigenvalue weighted by atomic mass is 16.2. The van der Waals surface area contributed by atoms with E-state index in [0.29, 0.717) is 18.8 Å². The number of rotatable bonds is 3. The second kappa shape index (κ2) is 4.81. The SMILES string of the molecule is CC(C)c1ccccc1NC(=O)C1(C#N)CCC1. The largest absolute Gasteiger partial charge is 0.324 e. The molecule has 0 bridgehead atoms. The number of hydrogen-bond acceptors (Lipinski definition) is 2. The molecule has 1 aliphatic carbocycles. The molecular formula is C15H18N2O. The average molecular weight is 242 g/mol. The highest BCUT2D eigenvalue weighted by Gasteiger charge is 2.44. The zero-order valence-electron chi connectivity index (χ0n) is 10.9. The molecule has 0 unspecified atom stereocenters. The molecule has 1 amide bonds. The van der Waals surface area contributed by atoms with Crippen molar-refractivity contribution in [2.75, 3.05) is 5.32 Å². The van der Waals surface area contributed by atoms with Crippen molar-refractivity contribution < 1.29 is 4.79 Å². The summed E-state index contributed by atoms with van der Waals surface area (Å²) in [6, 6.07) is 9.96. The molecular weight excluding hydrogens is 224 g/mol. The Labute approximate surface area is 108 Å². The molecule has 0 atom stereocenters. The maximum Gasteiger partial charge on any atom is 0.244 e. The Bertz CT molecular complexity index is 495. The van der Waals surface area contributed by atoms with Crippen LogP contribution in [0.4, 0.5) is 5.69 Å². The first-order chi connectivity index (χ1) is 8.59. The van der Waals surface area contributed by atoms with Gasteiger partial charge in [-0.25, -0.2) is 0 Å². The lowest BCUT2D eigenvalue weighted by atomic mass is 9.69. The van der Waals surface area contributed by atoms with Gasteiger partial charge in [-0.05, 0) is 36.8 Å². The Morgan fingerprint density at radius 3 is 2.56 bits per heavy atom. The molecule has 3 nitrogen and oxygen atoms in total. The lowest BCUT2D eigenvalue weighted by molar-refractivity contribution is -0.126. The molecule has 0 saturated heterocycles. The van der Waals surface area contributed by atoms with Crippen molar-refractivity contribution >= 4 is 11.6 Å². The molecule has 18 heavy (non-hydrogen) atoms. The van der Waals surface area contributed by atoms with Crippen LogP contribution in [0.2, 0.25) is 0 Å². The number of nitriles is 1. The lowest BCUT2D eigenvalue weighted by Gasteiger charge is -2.33. The number of para-hydroxylation sites is 1. The maximum atomic E-state index is 12.2. The fraction of sp³-hybridized carbons (Fsp3) is 0.467. The summed E-state index contributed by atoms with van der Waals surface area (Å²) < 4.78 is 0. The molecule has 94 valence electrons. The predicted molar refractivity (Wildman–Crippen MR) is 71.1 cm³/mol. The molecule has 1 aromatic carbocycles. The molecule has 0 heterocycles. The Hall–Kier alpha value is -1.82. The van der Waals surface area contributed by atoms with Crippen LogP contribution in [0.25, 0.3) is 0 Å². The number of nitrogens with one attached hydrogen (secondary N) is 1. The number of hydrogen-bond donors (Lipinski definition) is 1. The van der Waals surface area contributed by atoms with Gasteiger partial charge in [-0.15, -0.1) is 0 Å². The number of nitrogens with zero attached hydrogens (tertiary/aromatic N) is 1. The molecule has 1 aromatic rings. The van der Waals surface area contributed by atoms with Crippen LogP contribution in [0.3, 0.4) is 0 Å². The quantitative estimate of drug-likeness (QED) is 0.882. The van der Waals surface area contributed by atoms with Crippen LogP contribution in [0.15, 0.2) is 24.3 Å². The monoisotopic (exact) mass is 242 g/mol. The van der Waals surface area contributed by atoms with E-state index in [1.165, 1.54) is 0 Å². The summed E-state index contributed by atoms with van der Waals surface area (Å²) in [7, 11) is 0. The molecule has 1 aliphatic rings. The third-order valence-corrected chi connectivity index (χ3v) is 3.69. The third-order valence-electron chi connectivity index (χ3n) is 3.69. The molecule has 1 saturated carbocycles. The Kier molecular flexibility index (Phi) is 3.38. The molecule has 1 N–H and O–H groups in total. The summed E-state index contributed by atoms with van der Waals surface area (Å²) >= 11 is 0. The van der Waals surface area contributed by atoms with Crippen molar-refractivity contribution in [2.24, 2.45) is 5.41 Å². The van der Waals surface area contributed by atoms with Gasteiger partial charge in [0.1, 0.15) is 5.41 Å². The van der Waals surface area contributed by atoms with E-state index in [4.69, 9.17) is 5.26 Å². The maximum absolute atomic E-state index is 12.2. The van der Waals surface area contributed by atoms with Gasteiger partial charge in [0.05, 0.1) is 6.07 Å². The van der Waals surface area contributed by atoms with E-state index in [1.807, 2.05) is 24.3 Å². The van der Waals surface area contributed by atoms with Crippen molar-refractivity contribution in [1.29, 1.82) is 5.26 Å². The number of carbonyl (C=O) groups excluding carboxylic acids is 1. The first-order valence-corrected chi connectivity index (χ1v) is 6.41. The fourth-order valence-corrected chi connectivity index (χ4v) is 2.28. The van der Waals surface area contributed by atoms with Crippen LogP contribution in [0.1, 0.15) is 44.6 Å². The van der Waals surface area contributed by atoms with E-state index >= 15 is 0 Å². The van der Waals surface area contributed by atoms with Gasteiger partial charge in [-0.3, -0.25) is 4.79 Å². The summed E-state index contributed by atoms with van der Waals surface area (Å²) in [5.74, 6) is 0.199. The van der Waals surface area contributed by atoms with Crippen molar-refractivity contribution in [3.8, 4) is 6.07 Å². The standard InChI is InChI=1S/C15H18N2O/c1-11(2)12-6-3-4-7-13(12)17-14(18)15(10-16)8-5-9-15/h3-4,6-7,11H,5,8-9H2,1-2H3,(H,17,18). The van der Waals surface area contributed by atoms with Crippen molar-refractivity contribution in [3.05, 3.63) is 29.8 Å². The second-order valence-corrected chi connectivity index (χ2v) is 5.24. The number of amides is 1. The Balaban J connectivity index is 2.20. The van der Waals surface area contributed by atoms with Gasteiger partial charge in [0.2, 0.25) is 5.91 Å². The van der Waals surface area contributed by atoms with Gasteiger partial charge in [0.15, 0.2) is 0 Å². The van der Waals surface area contributed by atoms with Gasteiger partial charge in [0.25, 0.3) is 0 Å². The first kappa shape index (κ1) is 12.6.